The third-order valence-corrected chi connectivity index (χ3v) is 3.39. The van der Waals surface area contributed by atoms with Crippen molar-refractivity contribution in [2.45, 2.75) is 20.0 Å². The van der Waals surface area contributed by atoms with Gasteiger partial charge in [-0.25, -0.2) is 4.98 Å². The molecule has 0 atom stereocenters. The molecule has 0 fully saturated rings. The Morgan fingerprint density at radius 2 is 2.13 bits per heavy atom. The SMILES string of the molecule is C=C/C=C/c1c[nH]c2ccc(-c3cncc(OC(C)C)n3)cc12. The van der Waals surface area contributed by atoms with Crippen LogP contribution in [-0.4, -0.2) is 21.1 Å². The Kier molecular flexibility index (Phi) is 4.24. The summed E-state index contributed by atoms with van der Waals surface area (Å²) in [7, 11) is 0. The van der Waals surface area contributed by atoms with Crippen molar-refractivity contribution >= 4 is 17.0 Å². The van der Waals surface area contributed by atoms with Gasteiger partial charge in [-0.1, -0.05) is 30.9 Å². The highest BCUT2D eigenvalue weighted by molar-refractivity contribution is 5.92. The smallest absolute Gasteiger partial charge is 0.233 e. The second kappa shape index (κ2) is 6.48. The molecule has 3 aromatic rings. The summed E-state index contributed by atoms with van der Waals surface area (Å²) in [5.74, 6) is 0.540. The second-order valence-corrected chi connectivity index (χ2v) is 5.51. The number of allylic oxidation sites excluding steroid dienone is 2. The Labute approximate surface area is 135 Å². The molecule has 0 bridgehead atoms. The molecule has 0 radical (unpaired) electrons. The highest BCUT2D eigenvalue weighted by Crippen LogP contribution is 2.26. The van der Waals surface area contributed by atoms with Crippen LogP contribution >= 0.6 is 0 Å². The van der Waals surface area contributed by atoms with E-state index in [9.17, 15) is 0 Å². The molecule has 1 N–H and O–H groups in total. The average Bonchev–Trinajstić information content (AvgIpc) is 2.95. The van der Waals surface area contributed by atoms with E-state index in [0.717, 1.165) is 27.7 Å². The van der Waals surface area contributed by atoms with E-state index < -0.39 is 0 Å². The molecule has 0 amide bonds. The molecule has 116 valence electrons. The number of H-pyrrole nitrogens is 1. The number of nitrogens with one attached hydrogen (secondary N) is 1. The third-order valence-electron chi connectivity index (χ3n) is 3.39. The predicted molar refractivity (Wildman–Crippen MR) is 94.3 cm³/mol. The quantitative estimate of drug-likeness (QED) is 0.700. The Morgan fingerprint density at radius 3 is 2.91 bits per heavy atom. The maximum atomic E-state index is 5.62. The lowest BCUT2D eigenvalue weighted by Gasteiger charge is -2.09. The minimum atomic E-state index is 0.0716. The van der Waals surface area contributed by atoms with E-state index in [0.29, 0.717) is 5.88 Å². The first-order chi connectivity index (χ1) is 11.2. The summed E-state index contributed by atoms with van der Waals surface area (Å²) in [6.07, 6.45) is 11.2. The van der Waals surface area contributed by atoms with Gasteiger partial charge in [-0.05, 0) is 31.5 Å². The Bertz CT molecular complexity index is 862. The molecular formula is C19H19N3O. The monoisotopic (exact) mass is 305 g/mol. The lowest BCUT2D eigenvalue weighted by atomic mass is 10.1. The first-order valence-corrected chi connectivity index (χ1v) is 7.56. The van der Waals surface area contributed by atoms with Gasteiger partial charge in [0, 0.05) is 22.7 Å². The zero-order valence-electron chi connectivity index (χ0n) is 13.3. The molecule has 4 nitrogen and oxygen atoms in total. The van der Waals surface area contributed by atoms with Crippen LogP contribution in [0.4, 0.5) is 0 Å². The van der Waals surface area contributed by atoms with Gasteiger partial charge in [-0.3, -0.25) is 4.98 Å². The molecule has 2 heterocycles. The normalized spacial score (nSPS) is 11.4. The van der Waals surface area contributed by atoms with Crippen molar-refractivity contribution < 1.29 is 4.74 Å². The molecule has 0 aliphatic heterocycles. The summed E-state index contributed by atoms with van der Waals surface area (Å²) in [5, 5.41) is 1.14. The lowest BCUT2D eigenvalue weighted by Crippen LogP contribution is -2.07. The molecule has 0 saturated heterocycles. The Balaban J connectivity index is 2.02. The summed E-state index contributed by atoms with van der Waals surface area (Å²) in [4.78, 5) is 12.0. The fourth-order valence-corrected chi connectivity index (χ4v) is 2.40. The zero-order chi connectivity index (χ0) is 16.2. The molecule has 3 rings (SSSR count). The van der Waals surface area contributed by atoms with Gasteiger partial charge in [0.05, 0.1) is 24.2 Å². The van der Waals surface area contributed by atoms with Crippen molar-refractivity contribution in [1.82, 2.24) is 15.0 Å². The summed E-state index contributed by atoms with van der Waals surface area (Å²) in [5.41, 5.74) is 4.00. The third kappa shape index (κ3) is 3.31. The van der Waals surface area contributed by atoms with Crippen LogP contribution < -0.4 is 4.74 Å². The van der Waals surface area contributed by atoms with E-state index >= 15 is 0 Å². The van der Waals surface area contributed by atoms with Gasteiger partial charge in [0.15, 0.2) is 0 Å². The fourth-order valence-electron chi connectivity index (χ4n) is 2.40. The summed E-state index contributed by atoms with van der Waals surface area (Å²) < 4.78 is 5.62. The van der Waals surface area contributed by atoms with Gasteiger partial charge in [-0.15, -0.1) is 0 Å². The van der Waals surface area contributed by atoms with Crippen molar-refractivity contribution in [3.63, 3.8) is 0 Å². The van der Waals surface area contributed by atoms with Crippen LogP contribution in [0.2, 0.25) is 0 Å². The van der Waals surface area contributed by atoms with Crippen molar-refractivity contribution in [3.05, 3.63) is 61.1 Å². The Hall–Kier alpha value is -2.88. The average molecular weight is 305 g/mol. The molecule has 2 aromatic heterocycles. The highest BCUT2D eigenvalue weighted by atomic mass is 16.5. The Morgan fingerprint density at radius 1 is 1.26 bits per heavy atom. The minimum absolute atomic E-state index is 0.0716. The summed E-state index contributed by atoms with van der Waals surface area (Å²) >= 11 is 0. The van der Waals surface area contributed by atoms with Gasteiger partial charge in [0.1, 0.15) is 0 Å². The number of nitrogens with zero attached hydrogens (tertiary/aromatic N) is 2. The molecule has 0 aliphatic carbocycles. The largest absolute Gasteiger partial charge is 0.474 e. The van der Waals surface area contributed by atoms with Crippen molar-refractivity contribution in [3.8, 4) is 17.1 Å². The van der Waals surface area contributed by atoms with E-state index in [4.69, 9.17) is 4.74 Å². The standard InChI is InChI=1S/C19H19N3O/c1-4-5-6-15-10-21-17-8-7-14(9-16(15)17)18-11-20-12-19(22-18)23-13(2)3/h4-13,21H,1H2,2-3H3/b6-5+. The van der Waals surface area contributed by atoms with Crippen LogP contribution in [0.25, 0.3) is 28.2 Å². The minimum Gasteiger partial charge on any atom is -0.474 e. The van der Waals surface area contributed by atoms with Crippen LogP contribution in [0.15, 0.2) is 55.5 Å². The summed E-state index contributed by atoms with van der Waals surface area (Å²) in [6.45, 7) is 7.65. The number of aromatic amines is 1. The van der Waals surface area contributed by atoms with Gasteiger partial charge in [0.2, 0.25) is 5.88 Å². The first-order valence-electron chi connectivity index (χ1n) is 7.56. The second-order valence-electron chi connectivity index (χ2n) is 5.51. The molecule has 23 heavy (non-hydrogen) atoms. The van der Waals surface area contributed by atoms with Crippen LogP contribution in [0, 0.1) is 0 Å². The lowest BCUT2D eigenvalue weighted by molar-refractivity contribution is 0.232. The predicted octanol–water partition coefficient (Wildman–Crippen LogP) is 4.61. The van der Waals surface area contributed by atoms with Crippen molar-refractivity contribution in [1.29, 1.82) is 0 Å². The van der Waals surface area contributed by atoms with Crippen LogP contribution in [-0.2, 0) is 0 Å². The summed E-state index contributed by atoms with van der Waals surface area (Å²) in [6, 6.07) is 6.19. The fraction of sp³-hybridized carbons (Fsp3) is 0.158. The van der Waals surface area contributed by atoms with Crippen LogP contribution in [0.1, 0.15) is 19.4 Å². The maximum absolute atomic E-state index is 5.62. The van der Waals surface area contributed by atoms with Crippen molar-refractivity contribution in [2.75, 3.05) is 0 Å². The number of hydrogen-bond acceptors (Lipinski definition) is 3. The van der Waals surface area contributed by atoms with Crippen molar-refractivity contribution in [2.24, 2.45) is 0 Å². The van der Waals surface area contributed by atoms with Gasteiger partial charge in [0.25, 0.3) is 0 Å². The van der Waals surface area contributed by atoms with Crippen LogP contribution in [0.3, 0.4) is 0 Å². The van der Waals surface area contributed by atoms with Crippen LogP contribution in [0.5, 0.6) is 5.88 Å². The highest BCUT2D eigenvalue weighted by Gasteiger charge is 2.07. The molecule has 0 aliphatic rings. The topological polar surface area (TPSA) is 50.8 Å². The number of aromatic nitrogens is 3. The molecule has 0 spiro atoms. The van der Waals surface area contributed by atoms with E-state index in [1.807, 2.05) is 44.3 Å². The maximum Gasteiger partial charge on any atom is 0.233 e. The molecule has 0 unspecified atom stereocenters. The van der Waals surface area contributed by atoms with Gasteiger partial charge < -0.3 is 9.72 Å². The molecule has 4 heteroatoms. The number of benzene rings is 1. The van der Waals surface area contributed by atoms with E-state index in [1.54, 1.807) is 18.5 Å². The number of rotatable bonds is 5. The first kappa shape index (κ1) is 15.0. The molecule has 1 aromatic carbocycles. The van der Waals surface area contributed by atoms with E-state index in [-0.39, 0.29) is 6.10 Å². The molecule has 0 saturated carbocycles. The van der Waals surface area contributed by atoms with Gasteiger partial charge in [-0.2, -0.15) is 0 Å². The van der Waals surface area contributed by atoms with E-state index in [1.165, 1.54) is 0 Å². The molecular weight excluding hydrogens is 286 g/mol. The zero-order valence-corrected chi connectivity index (χ0v) is 13.3. The van der Waals surface area contributed by atoms with Gasteiger partial charge >= 0.3 is 0 Å². The number of fused-ring (bicyclic) bond motifs is 1. The number of hydrogen-bond donors (Lipinski definition) is 1. The van der Waals surface area contributed by atoms with E-state index in [2.05, 4.69) is 27.6 Å². The number of ether oxygens (including phenoxy) is 1.